The van der Waals surface area contributed by atoms with Crippen LogP contribution in [0.5, 0.6) is 0 Å². The van der Waals surface area contributed by atoms with Gasteiger partial charge in [-0.15, -0.1) is 11.3 Å². The number of carbonyl (C=O) groups excluding carboxylic acids is 1. The predicted octanol–water partition coefficient (Wildman–Crippen LogP) is 0.688. The zero-order valence-corrected chi connectivity index (χ0v) is 9.56. The largest absolute Gasteiger partial charge is 0.298 e. The van der Waals surface area contributed by atoms with Crippen molar-refractivity contribution in [3.63, 3.8) is 0 Å². The van der Waals surface area contributed by atoms with Crippen molar-refractivity contribution in [3.8, 4) is 0 Å². The Bertz CT molecular complexity index is 408. The van der Waals surface area contributed by atoms with Crippen molar-refractivity contribution in [2.24, 2.45) is 0 Å². The second-order valence-electron chi connectivity index (χ2n) is 3.04. The normalized spacial score (nSPS) is 13.9. The molecule has 0 spiro atoms. The van der Waals surface area contributed by atoms with Crippen LogP contribution in [0.2, 0.25) is 0 Å². The third kappa shape index (κ3) is 2.88. The Morgan fingerprint density at radius 2 is 2.29 bits per heavy atom. The fourth-order valence-corrected chi connectivity index (χ4v) is 2.06. The number of hydrogen-bond donors (Lipinski definition) is 0. The van der Waals surface area contributed by atoms with Crippen molar-refractivity contribution in [1.82, 2.24) is 4.98 Å². The molecule has 14 heavy (non-hydrogen) atoms. The van der Waals surface area contributed by atoms with Gasteiger partial charge in [-0.2, -0.15) is 0 Å². The first-order valence-electron chi connectivity index (χ1n) is 4.01. The third-order valence-electron chi connectivity index (χ3n) is 1.90. The first-order valence-corrected chi connectivity index (χ1v) is 6.84. The quantitative estimate of drug-likeness (QED) is 0.767. The summed E-state index contributed by atoms with van der Waals surface area (Å²) >= 11 is 1.35. The maximum Gasteiger partial charge on any atom is 0.157 e. The number of carbonyl (C=O) groups is 1. The Kier molecular flexibility index (Phi) is 3.38. The first kappa shape index (κ1) is 11.3. The molecule has 1 atom stereocenters. The van der Waals surface area contributed by atoms with Crippen LogP contribution < -0.4 is 0 Å². The van der Waals surface area contributed by atoms with Gasteiger partial charge in [-0.25, -0.2) is 13.4 Å². The molecule has 0 aliphatic heterocycles. The van der Waals surface area contributed by atoms with E-state index < -0.39 is 15.1 Å². The van der Waals surface area contributed by atoms with Crippen LogP contribution in [-0.2, 0) is 21.1 Å². The molecule has 4 nitrogen and oxygen atoms in total. The number of aromatic nitrogens is 1. The number of rotatable bonds is 4. The highest BCUT2D eigenvalue weighted by Gasteiger charge is 2.23. The van der Waals surface area contributed by atoms with Crippen molar-refractivity contribution >= 4 is 27.0 Å². The van der Waals surface area contributed by atoms with E-state index in [-0.39, 0.29) is 12.2 Å². The van der Waals surface area contributed by atoms with E-state index in [2.05, 4.69) is 4.98 Å². The Morgan fingerprint density at radius 3 is 2.71 bits per heavy atom. The van der Waals surface area contributed by atoms with Crippen molar-refractivity contribution in [3.05, 3.63) is 16.6 Å². The van der Waals surface area contributed by atoms with Crippen LogP contribution in [0, 0.1) is 0 Å². The minimum Gasteiger partial charge on any atom is -0.298 e. The topological polar surface area (TPSA) is 64.1 Å². The summed E-state index contributed by atoms with van der Waals surface area (Å²) in [5.74, 6) is -0.303. The fourth-order valence-electron chi connectivity index (χ4n) is 0.872. The molecule has 0 radical (unpaired) electrons. The Hall–Kier alpha value is -0.750. The molecule has 0 amide bonds. The lowest BCUT2D eigenvalue weighted by Crippen LogP contribution is -2.27. The molecule has 1 aromatic rings. The van der Waals surface area contributed by atoms with E-state index in [1.54, 1.807) is 11.6 Å². The number of hydrogen-bond acceptors (Lipinski definition) is 5. The number of Topliss-reactive ketones (excluding diaryl/α,β-unsaturated/α-hetero) is 1. The van der Waals surface area contributed by atoms with Gasteiger partial charge in [0, 0.05) is 17.8 Å². The SMILES string of the molecule is CC(C(=O)Cc1nccs1)S(C)(=O)=O. The second-order valence-corrected chi connectivity index (χ2v) is 6.39. The first-order chi connectivity index (χ1) is 6.41. The highest BCUT2D eigenvalue weighted by Crippen LogP contribution is 2.09. The maximum absolute atomic E-state index is 11.4. The average molecular weight is 233 g/mol. The van der Waals surface area contributed by atoms with Crippen LogP contribution in [0.3, 0.4) is 0 Å². The van der Waals surface area contributed by atoms with Gasteiger partial charge in [0.2, 0.25) is 0 Å². The van der Waals surface area contributed by atoms with E-state index in [1.165, 1.54) is 18.3 Å². The van der Waals surface area contributed by atoms with E-state index >= 15 is 0 Å². The average Bonchev–Trinajstić information content (AvgIpc) is 2.53. The van der Waals surface area contributed by atoms with Crippen molar-refractivity contribution in [1.29, 1.82) is 0 Å². The van der Waals surface area contributed by atoms with Crippen LogP contribution in [0.25, 0.3) is 0 Å². The molecule has 1 aromatic heterocycles. The lowest BCUT2D eigenvalue weighted by molar-refractivity contribution is -0.117. The second kappa shape index (κ2) is 4.18. The highest BCUT2D eigenvalue weighted by molar-refractivity contribution is 7.92. The van der Waals surface area contributed by atoms with Gasteiger partial charge in [0.25, 0.3) is 0 Å². The van der Waals surface area contributed by atoms with Crippen molar-refractivity contribution in [2.75, 3.05) is 6.26 Å². The van der Waals surface area contributed by atoms with Gasteiger partial charge in [-0.05, 0) is 6.92 Å². The zero-order chi connectivity index (χ0) is 10.8. The Balaban J connectivity index is 2.69. The number of ketones is 1. The van der Waals surface area contributed by atoms with Crippen molar-refractivity contribution in [2.45, 2.75) is 18.6 Å². The molecule has 1 rings (SSSR count). The molecule has 0 N–H and O–H groups in total. The summed E-state index contributed by atoms with van der Waals surface area (Å²) in [5.41, 5.74) is 0. The molecular weight excluding hydrogens is 222 g/mol. The van der Waals surface area contributed by atoms with Gasteiger partial charge in [-0.3, -0.25) is 4.79 Å². The molecule has 0 fully saturated rings. The summed E-state index contributed by atoms with van der Waals surface area (Å²) in [6, 6.07) is 0. The molecule has 1 heterocycles. The summed E-state index contributed by atoms with van der Waals surface area (Å²) in [6.45, 7) is 1.41. The van der Waals surface area contributed by atoms with Crippen LogP contribution in [0.1, 0.15) is 11.9 Å². The summed E-state index contributed by atoms with van der Waals surface area (Å²) in [4.78, 5) is 15.4. The summed E-state index contributed by atoms with van der Waals surface area (Å²) < 4.78 is 22.1. The minimum atomic E-state index is -3.28. The van der Waals surface area contributed by atoms with Gasteiger partial charge in [0.15, 0.2) is 15.6 Å². The summed E-state index contributed by atoms with van der Waals surface area (Å²) in [6.07, 6.45) is 2.77. The summed E-state index contributed by atoms with van der Waals surface area (Å²) in [7, 11) is -3.28. The number of nitrogens with zero attached hydrogens (tertiary/aromatic N) is 1. The Labute approximate surface area is 86.9 Å². The van der Waals surface area contributed by atoms with E-state index in [4.69, 9.17) is 0 Å². The molecule has 1 unspecified atom stereocenters. The van der Waals surface area contributed by atoms with Crippen LogP contribution in [0.4, 0.5) is 0 Å². The smallest absolute Gasteiger partial charge is 0.157 e. The molecule has 78 valence electrons. The van der Waals surface area contributed by atoms with E-state index in [1.807, 2.05) is 0 Å². The molecule has 0 aliphatic carbocycles. The van der Waals surface area contributed by atoms with Gasteiger partial charge in [-0.1, -0.05) is 0 Å². The van der Waals surface area contributed by atoms with E-state index in [0.717, 1.165) is 6.26 Å². The maximum atomic E-state index is 11.4. The highest BCUT2D eigenvalue weighted by atomic mass is 32.2. The zero-order valence-electron chi connectivity index (χ0n) is 7.93. The van der Waals surface area contributed by atoms with Gasteiger partial charge < -0.3 is 0 Å². The Morgan fingerprint density at radius 1 is 1.64 bits per heavy atom. The third-order valence-corrected chi connectivity index (χ3v) is 4.23. The number of sulfone groups is 1. The fraction of sp³-hybridized carbons (Fsp3) is 0.500. The molecule has 0 bridgehead atoms. The standard InChI is InChI=1S/C8H11NO3S2/c1-6(14(2,11)12)7(10)5-8-9-3-4-13-8/h3-4,6H,5H2,1-2H3. The van der Waals surface area contributed by atoms with Gasteiger partial charge in [0.05, 0.1) is 11.4 Å². The molecule has 0 aliphatic rings. The van der Waals surface area contributed by atoms with Crippen LogP contribution in [0.15, 0.2) is 11.6 Å². The monoisotopic (exact) mass is 233 g/mol. The molecule has 0 saturated carbocycles. The lowest BCUT2D eigenvalue weighted by Gasteiger charge is -2.05. The summed E-state index contributed by atoms with van der Waals surface area (Å²) in [5, 5.41) is 1.48. The molecule has 6 heteroatoms. The lowest BCUT2D eigenvalue weighted by atomic mass is 10.2. The van der Waals surface area contributed by atoms with Gasteiger partial charge in [0.1, 0.15) is 5.25 Å². The van der Waals surface area contributed by atoms with E-state index in [0.29, 0.717) is 5.01 Å². The van der Waals surface area contributed by atoms with Gasteiger partial charge >= 0.3 is 0 Å². The van der Waals surface area contributed by atoms with E-state index in [9.17, 15) is 13.2 Å². The number of thiazole rings is 1. The molecular formula is C8H11NO3S2. The molecule has 0 saturated heterocycles. The minimum absolute atomic E-state index is 0.103. The van der Waals surface area contributed by atoms with Crippen LogP contribution in [-0.4, -0.2) is 30.7 Å². The van der Waals surface area contributed by atoms with Crippen molar-refractivity contribution < 1.29 is 13.2 Å². The predicted molar refractivity (Wildman–Crippen MR) is 55.1 cm³/mol. The molecule has 0 aromatic carbocycles. The van der Waals surface area contributed by atoms with Crippen LogP contribution >= 0.6 is 11.3 Å².